The monoisotopic (exact) mass is 158 g/mol. The molecule has 0 rings (SSSR count). The topological polar surface area (TPSA) is 55.1 Å². The van der Waals surface area contributed by atoms with Crippen molar-refractivity contribution in [2.24, 2.45) is 11.7 Å². The first-order valence-corrected chi connectivity index (χ1v) is 4.09. The van der Waals surface area contributed by atoms with E-state index in [2.05, 4.69) is 19.2 Å². The third kappa shape index (κ3) is 3.98. The molecule has 0 aliphatic carbocycles. The molecule has 0 aromatic heterocycles. The van der Waals surface area contributed by atoms with E-state index in [1.807, 2.05) is 0 Å². The first kappa shape index (κ1) is 10.4. The first-order valence-electron chi connectivity index (χ1n) is 4.09. The minimum Gasteiger partial charge on any atom is -0.352 e. The third-order valence-electron chi connectivity index (χ3n) is 1.97. The molecule has 0 aromatic rings. The van der Waals surface area contributed by atoms with E-state index in [1.54, 1.807) is 0 Å². The minimum atomic E-state index is 0.000694. The molecule has 3 nitrogen and oxygen atoms in total. The summed E-state index contributed by atoms with van der Waals surface area (Å²) < 4.78 is 0. The van der Waals surface area contributed by atoms with Crippen LogP contribution in [0.2, 0.25) is 0 Å². The van der Waals surface area contributed by atoms with E-state index >= 15 is 0 Å². The molecule has 0 unspecified atom stereocenters. The summed E-state index contributed by atoms with van der Waals surface area (Å²) in [7, 11) is 0. The van der Waals surface area contributed by atoms with E-state index in [1.165, 1.54) is 6.92 Å². The minimum absolute atomic E-state index is 0.000694. The summed E-state index contributed by atoms with van der Waals surface area (Å²) in [5.74, 6) is 0.463. The van der Waals surface area contributed by atoms with Crippen molar-refractivity contribution in [1.29, 1.82) is 0 Å². The van der Waals surface area contributed by atoms with Gasteiger partial charge in [-0.15, -0.1) is 0 Å². The highest BCUT2D eigenvalue weighted by Gasteiger charge is 2.13. The maximum Gasteiger partial charge on any atom is 0.217 e. The molecule has 0 aliphatic rings. The molecule has 0 fully saturated rings. The van der Waals surface area contributed by atoms with Gasteiger partial charge in [-0.2, -0.15) is 0 Å². The number of nitrogens with one attached hydrogen (secondary N) is 1. The summed E-state index contributed by atoms with van der Waals surface area (Å²) in [6.45, 7) is 6.22. The zero-order valence-electron chi connectivity index (χ0n) is 7.55. The normalized spacial score (nSPS) is 15.6. The number of carbonyl (C=O) groups is 1. The SMILES string of the molecule is CC[C@H](C)[C@@H](CN)NC(C)=O. The van der Waals surface area contributed by atoms with Gasteiger partial charge in [-0.25, -0.2) is 0 Å². The van der Waals surface area contributed by atoms with Crippen molar-refractivity contribution in [2.45, 2.75) is 33.2 Å². The summed E-state index contributed by atoms with van der Waals surface area (Å²) >= 11 is 0. The first-order chi connectivity index (χ1) is 5.11. The highest BCUT2D eigenvalue weighted by Crippen LogP contribution is 2.05. The van der Waals surface area contributed by atoms with Crippen LogP contribution in [0.4, 0.5) is 0 Å². The molecule has 3 N–H and O–H groups in total. The molecule has 0 aromatic carbocycles. The molecule has 3 heteroatoms. The molecular weight excluding hydrogens is 140 g/mol. The Morgan fingerprint density at radius 3 is 2.45 bits per heavy atom. The predicted octanol–water partition coefficient (Wildman–Crippen LogP) is 0.496. The zero-order valence-corrected chi connectivity index (χ0v) is 7.55. The molecule has 2 atom stereocenters. The highest BCUT2D eigenvalue weighted by atomic mass is 16.1. The second-order valence-corrected chi connectivity index (χ2v) is 2.93. The van der Waals surface area contributed by atoms with Gasteiger partial charge in [-0.1, -0.05) is 20.3 Å². The van der Waals surface area contributed by atoms with Crippen molar-refractivity contribution in [1.82, 2.24) is 5.32 Å². The van der Waals surface area contributed by atoms with Gasteiger partial charge >= 0.3 is 0 Å². The van der Waals surface area contributed by atoms with Gasteiger partial charge in [0, 0.05) is 19.5 Å². The zero-order chi connectivity index (χ0) is 8.85. The Morgan fingerprint density at radius 1 is 1.64 bits per heavy atom. The molecule has 0 saturated carbocycles. The van der Waals surface area contributed by atoms with Crippen molar-refractivity contribution in [2.75, 3.05) is 6.54 Å². The second kappa shape index (κ2) is 5.13. The Labute approximate surface area is 68.3 Å². The lowest BCUT2D eigenvalue weighted by Crippen LogP contribution is -2.43. The van der Waals surface area contributed by atoms with Gasteiger partial charge in [0.05, 0.1) is 0 Å². The average Bonchev–Trinajstić information content (AvgIpc) is 1.98. The van der Waals surface area contributed by atoms with Crippen molar-refractivity contribution >= 4 is 5.91 Å². The Balaban J connectivity index is 3.84. The van der Waals surface area contributed by atoms with Gasteiger partial charge in [0.15, 0.2) is 0 Å². The van der Waals surface area contributed by atoms with Crippen LogP contribution in [0, 0.1) is 5.92 Å². The molecule has 0 radical (unpaired) electrons. The van der Waals surface area contributed by atoms with Crippen LogP contribution in [-0.2, 0) is 4.79 Å². The van der Waals surface area contributed by atoms with E-state index in [9.17, 15) is 4.79 Å². The van der Waals surface area contributed by atoms with E-state index < -0.39 is 0 Å². The van der Waals surface area contributed by atoms with Crippen LogP contribution in [0.1, 0.15) is 27.2 Å². The van der Waals surface area contributed by atoms with Crippen molar-refractivity contribution in [3.63, 3.8) is 0 Å². The largest absolute Gasteiger partial charge is 0.352 e. The smallest absolute Gasteiger partial charge is 0.217 e. The molecule has 0 heterocycles. The van der Waals surface area contributed by atoms with Gasteiger partial charge < -0.3 is 11.1 Å². The predicted molar refractivity (Wildman–Crippen MR) is 46.1 cm³/mol. The van der Waals surface area contributed by atoms with Crippen LogP contribution in [0.25, 0.3) is 0 Å². The van der Waals surface area contributed by atoms with Gasteiger partial charge in [-0.05, 0) is 5.92 Å². The van der Waals surface area contributed by atoms with E-state index in [4.69, 9.17) is 5.73 Å². The fraction of sp³-hybridized carbons (Fsp3) is 0.875. The molecular formula is C8H18N2O. The van der Waals surface area contributed by atoms with E-state index in [0.29, 0.717) is 12.5 Å². The van der Waals surface area contributed by atoms with Crippen LogP contribution < -0.4 is 11.1 Å². The lowest BCUT2D eigenvalue weighted by molar-refractivity contribution is -0.119. The summed E-state index contributed by atoms with van der Waals surface area (Å²) in [5, 5.41) is 2.82. The van der Waals surface area contributed by atoms with Crippen LogP contribution in [0.15, 0.2) is 0 Å². The van der Waals surface area contributed by atoms with Crippen molar-refractivity contribution in [3.05, 3.63) is 0 Å². The number of carbonyl (C=O) groups excluding carboxylic acids is 1. The van der Waals surface area contributed by atoms with Crippen LogP contribution in [0.5, 0.6) is 0 Å². The maximum absolute atomic E-state index is 10.7. The molecule has 11 heavy (non-hydrogen) atoms. The summed E-state index contributed by atoms with van der Waals surface area (Å²) in [4.78, 5) is 10.7. The fourth-order valence-corrected chi connectivity index (χ4v) is 0.979. The molecule has 1 amide bonds. The maximum atomic E-state index is 10.7. The van der Waals surface area contributed by atoms with Crippen LogP contribution >= 0.6 is 0 Å². The van der Waals surface area contributed by atoms with Gasteiger partial charge in [-0.3, -0.25) is 4.79 Å². The number of hydrogen-bond donors (Lipinski definition) is 2. The van der Waals surface area contributed by atoms with E-state index in [0.717, 1.165) is 6.42 Å². The molecule has 66 valence electrons. The van der Waals surface area contributed by atoms with E-state index in [-0.39, 0.29) is 11.9 Å². The average molecular weight is 158 g/mol. The van der Waals surface area contributed by atoms with Gasteiger partial charge in [0.1, 0.15) is 0 Å². The Hall–Kier alpha value is -0.570. The highest BCUT2D eigenvalue weighted by molar-refractivity contribution is 5.73. The standard InChI is InChI=1S/C8H18N2O/c1-4-6(2)8(5-9)10-7(3)11/h6,8H,4-5,9H2,1-3H3,(H,10,11)/t6-,8+/m0/s1. The lowest BCUT2D eigenvalue weighted by Gasteiger charge is -2.21. The fourth-order valence-electron chi connectivity index (χ4n) is 0.979. The van der Waals surface area contributed by atoms with Crippen molar-refractivity contribution in [3.8, 4) is 0 Å². The number of amides is 1. The van der Waals surface area contributed by atoms with Crippen LogP contribution in [0.3, 0.4) is 0 Å². The second-order valence-electron chi connectivity index (χ2n) is 2.93. The lowest BCUT2D eigenvalue weighted by atomic mass is 9.99. The molecule has 0 saturated heterocycles. The third-order valence-corrected chi connectivity index (χ3v) is 1.97. The van der Waals surface area contributed by atoms with Crippen LogP contribution in [-0.4, -0.2) is 18.5 Å². The van der Waals surface area contributed by atoms with Gasteiger partial charge in [0.25, 0.3) is 0 Å². The quantitative estimate of drug-likeness (QED) is 0.626. The molecule has 0 bridgehead atoms. The number of rotatable bonds is 4. The molecule has 0 spiro atoms. The Kier molecular flexibility index (Phi) is 4.86. The summed E-state index contributed by atoms with van der Waals surface area (Å²) in [5.41, 5.74) is 5.48. The summed E-state index contributed by atoms with van der Waals surface area (Å²) in [6.07, 6.45) is 1.04. The Bertz CT molecular complexity index is 125. The number of hydrogen-bond acceptors (Lipinski definition) is 2. The Morgan fingerprint density at radius 2 is 2.18 bits per heavy atom. The van der Waals surface area contributed by atoms with Gasteiger partial charge in [0.2, 0.25) is 5.91 Å². The van der Waals surface area contributed by atoms with Crippen molar-refractivity contribution < 1.29 is 4.79 Å². The number of nitrogens with two attached hydrogens (primary N) is 1. The molecule has 0 aliphatic heterocycles. The summed E-state index contributed by atoms with van der Waals surface area (Å²) in [6, 6.07) is 0.137.